The van der Waals surface area contributed by atoms with E-state index in [2.05, 4.69) is 0 Å². The molecule has 0 aromatic heterocycles. The third-order valence-corrected chi connectivity index (χ3v) is 5.42. The van der Waals surface area contributed by atoms with Crippen molar-refractivity contribution in [3.8, 4) is 0 Å². The molecule has 1 N–H and O–H groups in total. The van der Waals surface area contributed by atoms with Crippen molar-refractivity contribution in [2.75, 3.05) is 10.8 Å². The number of nitrogens with zero attached hydrogens (tertiary/aromatic N) is 2. The molecule has 0 saturated heterocycles. The Bertz CT molecular complexity index is 944. The molecule has 0 spiro atoms. The van der Waals surface area contributed by atoms with Crippen molar-refractivity contribution in [2.24, 2.45) is 0 Å². The fourth-order valence-electron chi connectivity index (χ4n) is 2.33. The Labute approximate surface area is 148 Å². The average molecular weight is 382 g/mol. The largest absolute Gasteiger partial charge is 0.481 e. The summed E-state index contributed by atoms with van der Waals surface area (Å²) in [6, 6.07) is 7.67. The molecule has 0 amide bonds. The number of carboxylic acids is 1. The van der Waals surface area contributed by atoms with Gasteiger partial charge >= 0.3 is 5.97 Å². The highest BCUT2D eigenvalue weighted by Gasteiger charge is 2.27. The van der Waals surface area contributed by atoms with E-state index in [1.165, 1.54) is 19.1 Å². The van der Waals surface area contributed by atoms with Crippen LogP contribution in [0.2, 0.25) is 0 Å². The number of benzene rings is 2. The summed E-state index contributed by atoms with van der Waals surface area (Å²) >= 11 is 0. The van der Waals surface area contributed by atoms with Gasteiger partial charge in [0, 0.05) is 18.7 Å². The van der Waals surface area contributed by atoms with Crippen molar-refractivity contribution in [1.82, 2.24) is 0 Å². The van der Waals surface area contributed by atoms with Gasteiger partial charge in [-0.05, 0) is 42.8 Å². The van der Waals surface area contributed by atoms with E-state index in [4.69, 9.17) is 5.11 Å². The van der Waals surface area contributed by atoms with Gasteiger partial charge in [-0.3, -0.25) is 19.2 Å². The Balaban J connectivity index is 2.54. The van der Waals surface area contributed by atoms with Crippen molar-refractivity contribution >= 4 is 27.4 Å². The number of non-ortho nitro benzene ring substituents is 1. The summed E-state index contributed by atoms with van der Waals surface area (Å²) in [5.41, 5.74) is 0.181. The number of aliphatic carboxylic acids is 1. The van der Waals surface area contributed by atoms with Crippen molar-refractivity contribution in [3.63, 3.8) is 0 Å². The molecule has 0 aliphatic rings. The molecule has 2 aromatic carbocycles. The average Bonchev–Trinajstić information content (AvgIpc) is 2.56. The first kappa shape index (κ1) is 19.3. The Morgan fingerprint density at radius 3 is 2.35 bits per heavy atom. The summed E-state index contributed by atoms with van der Waals surface area (Å²) < 4.78 is 39.8. The predicted molar refractivity (Wildman–Crippen MR) is 91.0 cm³/mol. The van der Waals surface area contributed by atoms with Crippen molar-refractivity contribution in [2.45, 2.75) is 18.2 Å². The number of nitro benzene ring substituents is 1. The Kier molecular flexibility index (Phi) is 5.56. The smallest absolute Gasteiger partial charge is 0.305 e. The number of aryl methyl sites for hydroxylation is 1. The number of anilines is 1. The second-order valence-corrected chi connectivity index (χ2v) is 7.27. The molecule has 2 rings (SSSR count). The van der Waals surface area contributed by atoms with E-state index < -0.39 is 33.2 Å². The van der Waals surface area contributed by atoms with Crippen LogP contribution in [0.1, 0.15) is 12.0 Å². The van der Waals surface area contributed by atoms with E-state index in [9.17, 15) is 27.7 Å². The minimum Gasteiger partial charge on any atom is -0.481 e. The van der Waals surface area contributed by atoms with Crippen molar-refractivity contribution < 1.29 is 27.6 Å². The lowest BCUT2D eigenvalue weighted by Gasteiger charge is -2.25. The van der Waals surface area contributed by atoms with E-state index in [1.807, 2.05) is 0 Å². The number of hydrogen-bond acceptors (Lipinski definition) is 5. The van der Waals surface area contributed by atoms with Gasteiger partial charge in [-0.1, -0.05) is 0 Å². The molecule has 0 bridgehead atoms. The predicted octanol–water partition coefficient (Wildman–Crippen LogP) is 2.71. The maximum Gasteiger partial charge on any atom is 0.305 e. The van der Waals surface area contributed by atoms with Crippen LogP contribution in [0.15, 0.2) is 47.4 Å². The SMILES string of the molecule is Cc1cc([N+](=O)[O-])ccc1N(CCC(=O)O)S(=O)(=O)c1ccc(F)cc1. The fraction of sp³-hybridized carbons (Fsp3) is 0.188. The highest BCUT2D eigenvalue weighted by Crippen LogP contribution is 2.29. The molecular weight excluding hydrogens is 367 g/mol. The maximum atomic E-state index is 13.1. The van der Waals surface area contributed by atoms with E-state index in [0.29, 0.717) is 0 Å². The lowest BCUT2D eigenvalue weighted by molar-refractivity contribution is -0.384. The Morgan fingerprint density at radius 2 is 1.85 bits per heavy atom. The van der Waals surface area contributed by atoms with Crippen molar-refractivity contribution in [3.05, 3.63) is 64.0 Å². The number of halogens is 1. The van der Waals surface area contributed by atoms with Gasteiger partial charge in [0.15, 0.2) is 0 Å². The number of carboxylic acid groups (broad SMARTS) is 1. The standard InChI is InChI=1S/C16H15FN2O6S/c1-11-10-13(19(22)23)4-7-15(11)18(9-8-16(20)21)26(24,25)14-5-2-12(17)3-6-14/h2-7,10H,8-9H2,1H3,(H,20,21). The zero-order chi connectivity index (χ0) is 19.5. The van der Waals surface area contributed by atoms with Gasteiger partial charge in [0.1, 0.15) is 5.82 Å². The quantitative estimate of drug-likeness (QED) is 0.581. The second kappa shape index (κ2) is 7.48. The molecule has 8 nitrogen and oxygen atoms in total. The molecule has 10 heteroatoms. The number of hydrogen-bond donors (Lipinski definition) is 1. The van der Waals surface area contributed by atoms with Gasteiger partial charge in [-0.15, -0.1) is 0 Å². The summed E-state index contributed by atoms with van der Waals surface area (Å²) in [7, 11) is -4.19. The van der Waals surface area contributed by atoms with Gasteiger partial charge < -0.3 is 5.11 Å². The topological polar surface area (TPSA) is 118 Å². The number of rotatable bonds is 7. The summed E-state index contributed by atoms with van der Waals surface area (Å²) in [6.45, 7) is 1.10. The molecule has 26 heavy (non-hydrogen) atoms. The van der Waals surface area contributed by atoms with Crippen LogP contribution in [0.25, 0.3) is 0 Å². The first-order valence-corrected chi connectivity index (χ1v) is 8.82. The highest BCUT2D eigenvalue weighted by molar-refractivity contribution is 7.92. The molecule has 0 atom stereocenters. The second-order valence-electron chi connectivity index (χ2n) is 5.40. The molecular formula is C16H15FN2O6S. The van der Waals surface area contributed by atoms with Gasteiger partial charge in [0.05, 0.1) is 21.9 Å². The monoisotopic (exact) mass is 382 g/mol. The van der Waals surface area contributed by atoms with E-state index >= 15 is 0 Å². The first-order chi connectivity index (χ1) is 12.1. The highest BCUT2D eigenvalue weighted by atomic mass is 32.2. The van der Waals surface area contributed by atoms with Gasteiger partial charge in [-0.2, -0.15) is 0 Å². The summed E-state index contributed by atoms with van der Waals surface area (Å²) in [4.78, 5) is 20.9. The first-order valence-electron chi connectivity index (χ1n) is 7.38. The minimum atomic E-state index is -4.19. The number of nitro groups is 1. The number of carbonyl (C=O) groups is 1. The van der Waals surface area contributed by atoms with Gasteiger partial charge in [-0.25, -0.2) is 12.8 Å². The molecule has 0 heterocycles. The van der Waals surface area contributed by atoms with E-state index in [1.54, 1.807) is 0 Å². The molecule has 138 valence electrons. The van der Waals surface area contributed by atoms with Crippen LogP contribution >= 0.6 is 0 Å². The van der Waals surface area contributed by atoms with Gasteiger partial charge in [0.2, 0.25) is 0 Å². The number of sulfonamides is 1. The van der Waals surface area contributed by atoms with Crippen LogP contribution in [0, 0.1) is 22.9 Å². The third-order valence-electron chi connectivity index (χ3n) is 3.59. The zero-order valence-corrected chi connectivity index (χ0v) is 14.4. The van der Waals surface area contributed by atoms with Crippen LogP contribution in [-0.2, 0) is 14.8 Å². The maximum absolute atomic E-state index is 13.1. The molecule has 0 fully saturated rings. The normalized spacial score (nSPS) is 11.2. The molecule has 2 aromatic rings. The lowest BCUT2D eigenvalue weighted by atomic mass is 10.2. The molecule has 0 saturated carbocycles. The van der Waals surface area contributed by atoms with Gasteiger partial charge in [0.25, 0.3) is 15.7 Å². The summed E-state index contributed by atoms with van der Waals surface area (Å²) in [5.74, 6) is -1.82. The van der Waals surface area contributed by atoms with Crippen molar-refractivity contribution in [1.29, 1.82) is 0 Å². The van der Waals surface area contributed by atoms with Crippen LogP contribution < -0.4 is 4.31 Å². The minimum absolute atomic E-state index is 0.112. The summed E-state index contributed by atoms with van der Waals surface area (Å²) in [6.07, 6.45) is -0.475. The molecule has 0 radical (unpaired) electrons. The van der Waals surface area contributed by atoms with Crippen LogP contribution in [-0.4, -0.2) is 31.0 Å². The Morgan fingerprint density at radius 1 is 1.23 bits per heavy atom. The van der Waals surface area contributed by atoms with Crippen LogP contribution in [0.4, 0.5) is 15.8 Å². The molecule has 0 aliphatic heterocycles. The van der Waals surface area contributed by atoms with Crippen LogP contribution in [0.5, 0.6) is 0 Å². The molecule has 0 unspecified atom stereocenters. The third kappa shape index (κ3) is 4.14. The van der Waals surface area contributed by atoms with E-state index in [0.717, 1.165) is 34.6 Å². The zero-order valence-electron chi connectivity index (χ0n) is 13.6. The fourth-order valence-corrected chi connectivity index (χ4v) is 3.86. The lowest BCUT2D eigenvalue weighted by Crippen LogP contribution is -2.33. The van der Waals surface area contributed by atoms with E-state index in [-0.39, 0.29) is 28.4 Å². The Hall–Kier alpha value is -3.01. The molecule has 0 aliphatic carbocycles. The summed E-state index contributed by atoms with van der Waals surface area (Å²) in [5, 5.41) is 19.8. The van der Waals surface area contributed by atoms with Crippen LogP contribution in [0.3, 0.4) is 0 Å².